The molecule has 0 aromatic carbocycles. The van der Waals surface area contributed by atoms with Crippen molar-refractivity contribution < 1.29 is 0 Å². The van der Waals surface area contributed by atoms with Gasteiger partial charge >= 0.3 is 0 Å². The van der Waals surface area contributed by atoms with E-state index in [9.17, 15) is 0 Å². The second kappa shape index (κ2) is 6.02. The van der Waals surface area contributed by atoms with Gasteiger partial charge in [0.05, 0.1) is 5.69 Å². The fourth-order valence-electron chi connectivity index (χ4n) is 2.01. The van der Waals surface area contributed by atoms with Gasteiger partial charge in [0.15, 0.2) is 5.13 Å². The molecule has 0 atom stereocenters. The third-order valence-electron chi connectivity index (χ3n) is 3.33. The molecule has 0 spiro atoms. The van der Waals surface area contributed by atoms with Crippen LogP contribution in [0.25, 0.3) is 0 Å². The molecule has 1 N–H and O–H groups in total. The topological polar surface area (TPSA) is 28.2 Å². The minimum absolute atomic E-state index is 0.532. The Balaban J connectivity index is 2.01. The molecule has 1 aliphatic carbocycles. The maximum Gasteiger partial charge on any atom is 0.185 e. The van der Waals surface area contributed by atoms with Gasteiger partial charge in [0.2, 0.25) is 0 Å². The molecule has 1 heterocycles. The van der Waals surface area contributed by atoms with Crippen LogP contribution in [0.5, 0.6) is 0 Å². The lowest BCUT2D eigenvalue weighted by atomic mass is 10.3. The second-order valence-electron chi connectivity index (χ2n) is 5.58. The van der Waals surface area contributed by atoms with Gasteiger partial charge in [-0.1, -0.05) is 20.8 Å². The van der Waals surface area contributed by atoms with Crippen molar-refractivity contribution in [3.05, 3.63) is 10.6 Å². The van der Waals surface area contributed by atoms with Gasteiger partial charge < -0.3 is 10.2 Å². The minimum atomic E-state index is 0.532. The van der Waals surface area contributed by atoms with Crippen molar-refractivity contribution in [1.29, 1.82) is 0 Å². The average Bonchev–Trinajstić information content (AvgIpc) is 3.04. The molecule has 1 saturated carbocycles. The van der Waals surface area contributed by atoms with Crippen molar-refractivity contribution in [2.75, 3.05) is 18.5 Å². The van der Waals surface area contributed by atoms with Crippen molar-refractivity contribution in [3.63, 3.8) is 0 Å². The van der Waals surface area contributed by atoms with Crippen molar-refractivity contribution in [2.24, 2.45) is 5.92 Å². The van der Waals surface area contributed by atoms with Crippen LogP contribution in [0.1, 0.15) is 44.2 Å². The molecule has 3 nitrogen and oxygen atoms in total. The summed E-state index contributed by atoms with van der Waals surface area (Å²) in [4.78, 5) is 8.53. The normalized spacial score (nSPS) is 15.4. The van der Waals surface area contributed by atoms with Crippen LogP contribution in [0.4, 0.5) is 5.13 Å². The first-order valence-electron chi connectivity index (χ1n) is 7.03. The summed E-state index contributed by atoms with van der Waals surface area (Å²) < 4.78 is 0. The van der Waals surface area contributed by atoms with Gasteiger partial charge in [-0.25, -0.2) is 4.98 Å². The Morgan fingerprint density at radius 1 is 1.44 bits per heavy atom. The number of hydrogen-bond donors (Lipinski definition) is 1. The van der Waals surface area contributed by atoms with E-state index in [1.807, 2.05) is 11.3 Å². The second-order valence-corrected chi connectivity index (χ2v) is 6.64. The fraction of sp³-hybridized carbons (Fsp3) is 0.786. The quantitative estimate of drug-likeness (QED) is 0.823. The lowest BCUT2D eigenvalue weighted by molar-refractivity contribution is 0.590. The Morgan fingerprint density at radius 3 is 2.72 bits per heavy atom. The molecule has 0 unspecified atom stereocenters. The monoisotopic (exact) mass is 267 g/mol. The number of nitrogens with one attached hydrogen (secondary N) is 1. The van der Waals surface area contributed by atoms with E-state index in [0.29, 0.717) is 6.04 Å². The number of anilines is 1. The van der Waals surface area contributed by atoms with Gasteiger partial charge in [-0.3, -0.25) is 0 Å². The smallest absolute Gasteiger partial charge is 0.185 e. The maximum atomic E-state index is 4.79. The average molecular weight is 267 g/mol. The highest BCUT2D eigenvalue weighted by Gasteiger charge is 2.24. The molecule has 18 heavy (non-hydrogen) atoms. The van der Waals surface area contributed by atoms with E-state index in [1.165, 1.54) is 35.1 Å². The number of aryl methyl sites for hydroxylation is 1. The summed E-state index contributed by atoms with van der Waals surface area (Å²) in [5.41, 5.74) is 1.27. The zero-order chi connectivity index (χ0) is 13.1. The molecule has 0 amide bonds. The summed E-state index contributed by atoms with van der Waals surface area (Å²) in [5.74, 6) is 0.918. The predicted molar refractivity (Wildman–Crippen MR) is 79.5 cm³/mol. The van der Waals surface area contributed by atoms with Crippen LogP contribution in [-0.2, 0) is 13.0 Å². The van der Waals surface area contributed by atoms with Crippen molar-refractivity contribution in [2.45, 2.75) is 52.6 Å². The Labute approximate surface area is 115 Å². The maximum absolute atomic E-state index is 4.79. The predicted octanol–water partition coefficient (Wildman–Crippen LogP) is 3.05. The van der Waals surface area contributed by atoms with Gasteiger partial charge in [-0.05, 0) is 25.2 Å². The van der Waals surface area contributed by atoms with Crippen LogP contribution in [-0.4, -0.2) is 24.6 Å². The molecule has 2 rings (SSSR count). The molecule has 1 aromatic rings. The molecule has 102 valence electrons. The van der Waals surface area contributed by atoms with Gasteiger partial charge in [0.25, 0.3) is 0 Å². The summed E-state index contributed by atoms with van der Waals surface area (Å²) in [7, 11) is 2.18. The first-order chi connectivity index (χ1) is 8.60. The fourth-order valence-corrected chi connectivity index (χ4v) is 3.08. The number of thiazole rings is 1. The number of aromatic nitrogens is 1. The molecule has 0 aliphatic heterocycles. The standard InChI is InChI=1S/C14H25N3S/c1-5-12-13(8-15-10(2)3)18-14(16-12)17(4)9-11-6-7-11/h10-11,15H,5-9H2,1-4H3. The van der Waals surface area contributed by atoms with E-state index in [1.54, 1.807) is 0 Å². The number of nitrogens with zero attached hydrogens (tertiary/aromatic N) is 2. The van der Waals surface area contributed by atoms with Crippen LogP contribution in [0.3, 0.4) is 0 Å². The molecular weight excluding hydrogens is 242 g/mol. The Kier molecular flexibility index (Phi) is 4.62. The highest BCUT2D eigenvalue weighted by Crippen LogP contribution is 2.33. The molecule has 0 radical (unpaired) electrons. The Bertz CT molecular complexity index is 382. The van der Waals surface area contributed by atoms with Crippen LogP contribution >= 0.6 is 11.3 Å². The zero-order valence-electron chi connectivity index (χ0n) is 12.0. The molecule has 1 aromatic heterocycles. The van der Waals surface area contributed by atoms with Crippen molar-refractivity contribution >= 4 is 16.5 Å². The van der Waals surface area contributed by atoms with E-state index in [-0.39, 0.29) is 0 Å². The van der Waals surface area contributed by atoms with Crippen LogP contribution in [0.15, 0.2) is 0 Å². The van der Waals surface area contributed by atoms with Gasteiger partial charge in [0.1, 0.15) is 0 Å². The third-order valence-corrected chi connectivity index (χ3v) is 4.54. The van der Waals surface area contributed by atoms with Crippen LogP contribution in [0.2, 0.25) is 0 Å². The van der Waals surface area contributed by atoms with E-state index in [0.717, 1.165) is 18.9 Å². The molecule has 0 saturated heterocycles. The molecule has 1 aliphatic rings. The summed E-state index contributed by atoms with van der Waals surface area (Å²) in [6, 6.07) is 0.532. The SMILES string of the molecule is CCc1nc(N(C)CC2CC2)sc1CNC(C)C. The van der Waals surface area contributed by atoms with Gasteiger partial charge in [-0.15, -0.1) is 11.3 Å². The zero-order valence-corrected chi connectivity index (χ0v) is 12.8. The summed E-state index contributed by atoms with van der Waals surface area (Å²) in [5, 5.41) is 4.69. The van der Waals surface area contributed by atoms with Crippen molar-refractivity contribution in [3.8, 4) is 0 Å². The Hall–Kier alpha value is -0.610. The minimum Gasteiger partial charge on any atom is -0.351 e. The largest absolute Gasteiger partial charge is 0.351 e. The molecular formula is C14H25N3S. The number of hydrogen-bond acceptors (Lipinski definition) is 4. The lowest BCUT2D eigenvalue weighted by Crippen LogP contribution is -2.21. The lowest BCUT2D eigenvalue weighted by Gasteiger charge is -2.14. The summed E-state index contributed by atoms with van der Waals surface area (Å²) >= 11 is 1.86. The van der Waals surface area contributed by atoms with E-state index < -0.39 is 0 Å². The Morgan fingerprint density at radius 2 is 2.17 bits per heavy atom. The van der Waals surface area contributed by atoms with E-state index in [2.05, 4.69) is 38.0 Å². The van der Waals surface area contributed by atoms with Crippen LogP contribution in [0, 0.1) is 5.92 Å². The first-order valence-corrected chi connectivity index (χ1v) is 7.84. The van der Waals surface area contributed by atoms with Gasteiger partial charge in [0, 0.05) is 31.1 Å². The van der Waals surface area contributed by atoms with Crippen LogP contribution < -0.4 is 10.2 Å². The summed E-state index contributed by atoms with van der Waals surface area (Å²) in [6.45, 7) is 8.70. The van der Waals surface area contributed by atoms with E-state index >= 15 is 0 Å². The third kappa shape index (κ3) is 3.69. The molecule has 0 bridgehead atoms. The van der Waals surface area contributed by atoms with Gasteiger partial charge in [-0.2, -0.15) is 0 Å². The van der Waals surface area contributed by atoms with E-state index in [4.69, 9.17) is 4.98 Å². The number of rotatable bonds is 7. The first kappa shape index (κ1) is 13.8. The molecule has 1 fully saturated rings. The highest BCUT2D eigenvalue weighted by molar-refractivity contribution is 7.15. The highest BCUT2D eigenvalue weighted by atomic mass is 32.1. The van der Waals surface area contributed by atoms with Crippen molar-refractivity contribution in [1.82, 2.24) is 10.3 Å². The molecule has 4 heteroatoms. The summed E-state index contributed by atoms with van der Waals surface area (Å²) in [6.07, 6.45) is 3.83.